The maximum absolute atomic E-state index is 9.38. The Labute approximate surface area is 117 Å². The normalized spacial score (nSPS) is 13.8. The molecule has 0 saturated heterocycles. The van der Waals surface area contributed by atoms with Gasteiger partial charge in [-0.05, 0) is 31.4 Å². The first-order valence-corrected chi connectivity index (χ1v) is 6.47. The SMILES string of the molecule is Cc1nnc(N2CCc3cncnc3C2)c(C#N)c1C. The van der Waals surface area contributed by atoms with Crippen molar-refractivity contribution in [3.8, 4) is 6.07 Å². The van der Waals surface area contributed by atoms with Crippen LogP contribution in [0.4, 0.5) is 5.82 Å². The molecule has 1 aliphatic heterocycles. The van der Waals surface area contributed by atoms with Gasteiger partial charge in [0.15, 0.2) is 5.82 Å². The smallest absolute Gasteiger partial charge is 0.169 e. The van der Waals surface area contributed by atoms with Gasteiger partial charge < -0.3 is 4.90 Å². The molecule has 2 aromatic rings. The van der Waals surface area contributed by atoms with Crippen molar-refractivity contribution in [3.05, 3.63) is 40.6 Å². The molecule has 0 amide bonds. The zero-order valence-corrected chi connectivity index (χ0v) is 11.5. The van der Waals surface area contributed by atoms with Gasteiger partial charge in [-0.2, -0.15) is 10.4 Å². The highest BCUT2D eigenvalue weighted by Crippen LogP contribution is 2.25. The molecular formula is C14H14N6. The maximum Gasteiger partial charge on any atom is 0.169 e. The van der Waals surface area contributed by atoms with Gasteiger partial charge in [-0.3, -0.25) is 0 Å². The zero-order chi connectivity index (χ0) is 14.1. The first-order chi connectivity index (χ1) is 9.70. The van der Waals surface area contributed by atoms with Gasteiger partial charge in [0.2, 0.25) is 0 Å². The third-order valence-electron chi connectivity index (χ3n) is 3.72. The summed E-state index contributed by atoms with van der Waals surface area (Å²) in [4.78, 5) is 10.4. The van der Waals surface area contributed by atoms with Crippen LogP contribution < -0.4 is 4.90 Å². The van der Waals surface area contributed by atoms with E-state index in [1.165, 1.54) is 5.56 Å². The number of aromatic nitrogens is 4. The molecule has 0 bridgehead atoms. The number of nitrogens with zero attached hydrogens (tertiary/aromatic N) is 6. The lowest BCUT2D eigenvalue weighted by atomic mass is 10.1. The number of anilines is 1. The molecule has 0 N–H and O–H groups in total. The Kier molecular flexibility index (Phi) is 3.03. The largest absolute Gasteiger partial charge is 0.348 e. The van der Waals surface area contributed by atoms with E-state index in [0.717, 1.165) is 29.9 Å². The molecule has 0 spiro atoms. The number of fused-ring (bicyclic) bond motifs is 1. The van der Waals surface area contributed by atoms with E-state index in [1.807, 2.05) is 20.0 Å². The van der Waals surface area contributed by atoms with Crippen LogP contribution in [0.2, 0.25) is 0 Å². The Hall–Kier alpha value is -2.55. The highest BCUT2D eigenvalue weighted by Gasteiger charge is 2.22. The summed E-state index contributed by atoms with van der Waals surface area (Å²) in [5.74, 6) is 0.653. The highest BCUT2D eigenvalue weighted by atomic mass is 15.3. The molecule has 2 aromatic heterocycles. The predicted molar refractivity (Wildman–Crippen MR) is 73.0 cm³/mol. The van der Waals surface area contributed by atoms with Crippen molar-refractivity contribution < 1.29 is 0 Å². The maximum atomic E-state index is 9.38. The Morgan fingerprint density at radius 1 is 1.30 bits per heavy atom. The first-order valence-electron chi connectivity index (χ1n) is 6.47. The van der Waals surface area contributed by atoms with Crippen LogP contribution >= 0.6 is 0 Å². The summed E-state index contributed by atoms with van der Waals surface area (Å²) in [6, 6.07) is 2.25. The van der Waals surface area contributed by atoms with Crippen LogP contribution in [0.1, 0.15) is 28.1 Å². The highest BCUT2D eigenvalue weighted by molar-refractivity contribution is 5.58. The van der Waals surface area contributed by atoms with Crippen molar-refractivity contribution in [2.75, 3.05) is 11.4 Å². The third-order valence-corrected chi connectivity index (χ3v) is 3.72. The fourth-order valence-electron chi connectivity index (χ4n) is 2.38. The van der Waals surface area contributed by atoms with Gasteiger partial charge in [0.05, 0.1) is 17.9 Å². The topological polar surface area (TPSA) is 78.6 Å². The molecule has 100 valence electrons. The summed E-state index contributed by atoms with van der Waals surface area (Å²) in [7, 11) is 0. The fraction of sp³-hybridized carbons (Fsp3) is 0.357. The van der Waals surface area contributed by atoms with Gasteiger partial charge in [0.25, 0.3) is 0 Å². The summed E-state index contributed by atoms with van der Waals surface area (Å²) < 4.78 is 0. The van der Waals surface area contributed by atoms with Crippen molar-refractivity contribution in [2.45, 2.75) is 26.8 Å². The van der Waals surface area contributed by atoms with E-state index < -0.39 is 0 Å². The lowest BCUT2D eigenvalue weighted by molar-refractivity contribution is 0.685. The van der Waals surface area contributed by atoms with Crippen LogP contribution in [0.25, 0.3) is 0 Å². The quantitative estimate of drug-likeness (QED) is 0.774. The number of nitriles is 1. The Morgan fingerprint density at radius 2 is 2.15 bits per heavy atom. The van der Waals surface area contributed by atoms with Gasteiger partial charge in [0, 0.05) is 12.7 Å². The van der Waals surface area contributed by atoms with E-state index in [4.69, 9.17) is 0 Å². The Bertz CT molecular complexity index is 703. The minimum atomic E-state index is 0.606. The molecule has 0 aromatic carbocycles. The second kappa shape index (κ2) is 4.85. The summed E-state index contributed by atoms with van der Waals surface area (Å²) >= 11 is 0. The molecule has 0 aliphatic carbocycles. The molecule has 3 heterocycles. The molecule has 0 radical (unpaired) electrons. The zero-order valence-electron chi connectivity index (χ0n) is 11.5. The molecule has 0 saturated carbocycles. The van der Waals surface area contributed by atoms with E-state index in [1.54, 1.807) is 6.33 Å². The van der Waals surface area contributed by atoms with Gasteiger partial charge in [-0.1, -0.05) is 0 Å². The van der Waals surface area contributed by atoms with Crippen molar-refractivity contribution in [1.82, 2.24) is 20.2 Å². The van der Waals surface area contributed by atoms with Crippen molar-refractivity contribution in [1.29, 1.82) is 5.26 Å². The van der Waals surface area contributed by atoms with Gasteiger partial charge >= 0.3 is 0 Å². The van der Waals surface area contributed by atoms with Crippen molar-refractivity contribution in [3.63, 3.8) is 0 Å². The van der Waals surface area contributed by atoms with E-state index >= 15 is 0 Å². The van der Waals surface area contributed by atoms with E-state index in [-0.39, 0.29) is 0 Å². The van der Waals surface area contributed by atoms with E-state index in [2.05, 4.69) is 31.1 Å². The monoisotopic (exact) mass is 266 g/mol. The Morgan fingerprint density at radius 3 is 2.95 bits per heavy atom. The van der Waals surface area contributed by atoms with Gasteiger partial charge in [-0.25, -0.2) is 9.97 Å². The molecule has 0 fully saturated rings. The summed E-state index contributed by atoms with van der Waals surface area (Å²) in [5, 5.41) is 17.7. The summed E-state index contributed by atoms with van der Waals surface area (Å²) in [6.45, 7) is 5.22. The Balaban J connectivity index is 2.00. The average Bonchev–Trinajstić information content (AvgIpc) is 2.49. The number of aryl methyl sites for hydroxylation is 1. The van der Waals surface area contributed by atoms with Crippen LogP contribution in [0.15, 0.2) is 12.5 Å². The van der Waals surface area contributed by atoms with Gasteiger partial charge in [0.1, 0.15) is 18.0 Å². The fourth-order valence-corrected chi connectivity index (χ4v) is 2.38. The van der Waals surface area contributed by atoms with Crippen LogP contribution in [0.5, 0.6) is 0 Å². The molecule has 3 rings (SSSR count). The molecule has 6 nitrogen and oxygen atoms in total. The minimum Gasteiger partial charge on any atom is -0.348 e. The third kappa shape index (κ3) is 1.97. The van der Waals surface area contributed by atoms with E-state index in [0.29, 0.717) is 17.9 Å². The second-order valence-corrected chi connectivity index (χ2v) is 4.89. The standard InChI is InChI=1S/C14H14N6/c1-9-10(2)18-19-14(12(9)5-15)20-4-3-11-6-16-8-17-13(11)7-20/h6,8H,3-4,7H2,1-2H3. The minimum absolute atomic E-state index is 0.606. The van der Waals surface area contributed by atoms with E-state index in [9.17, 15) is 5.26 Å². The molecule has 0 unspecified atom stereocenters. The molecule has 20 heavy (non-hydrogen) atoms. The molecule has 0 atom stereocenters. The number of hydrogen-bond donors (Lipinski definition) is 0. The van der Waals surface area contributed by atoms with Crippen LogP contribution in [0, 0.1) is 25.2 Å². The van der Waals surface area contributed by atoms with Crippen LogP contribution in [0.3, 0.4) is 0 Å². The second-order valence-electron chi connectivity index (χ2n) is 4.89. The number of hydrogen-bond acceptors (Lipinski definition) is 6. The summed E-state index contributed by atoms with van der Waals surface area (Å²) in [5.41, 5.74) is 4.46. The molecular weight excluding hydrogens is 252 g/mol. The summed E-state index contributed by atoms with van der Waals surface area (Å²) in [6.07, 6.45) is 4.27. The molecule has 6 heteroatoms. The first kappa shape index (κ1) is 12.5. The average molecular weight is 266 g/mol. The number of rotatable bonds is 1. The van der Waals surface area contributed by atoms with Crippen molar-refractivity contribution in [2.24, 2.45) is 0 Å². The van der Waals surface area contributed by atoms with Crippen LogP contribution in [-0.2, 0) is 13.0 Å². The lowest BCUT2D eigenvalue weighted by Crippen LogP contribution is -2.33. The lowest BCUT2D eigenvalue weighted by Gasteiger charge is -2.29. The van der Waals surface area contributed by atoms with Gasteiger partial charge in [-0.15, -0.1) is 5.10 Å². The molecule has 1 aliphatic rings. The predicted octanol–water partition coefficient (Wildman–Crippen LogP) is 1.32. The van der Waals surface area contributed by atoms with Crippen LogP contribution in [-0.4, -0.2) is 26.7 Å². The van der Waals surface area contributed by atoms with Crippen molar-refractivity contribution >= 4 is 5.82 Å².